The summed E-state index contributed by atoms with van der Waals surface area (Å²) in [6.07, 6.45) is 3.28. The molecule has 1 aromatic rings. The van der Waals surface area contributed by atoms with Gasteiger partial charge in [-0.2, -0.15) is 11.3 Å². The molecule has 4 heteroatoms. The van der Waals surface area contributed by atoms with E-state index in [0.717, 1.165) is 25.8 Å². The molecule has 1 aromatic heterocycles. The van der Waals surface area contributed by atoms with Crippen molar-refractivity contribution in [1.82, 2.24) is 10.6 Å². The first kappa shape index (κ1) is 11.6. The molecule has 3 nitrogen and oxygen atoms in total. The van der Waals surface area contributed by atoms with Gasteiger partial charge in [-0.05, 0) is 55.1 Å². The van der Waals surface area contributed by atoms with E-state index >= 15 is 0 Å². The SMILES string of the molecule is CC(NCCc1ccsc1)C(=O)NC1CC1. The Hall–Kier alpha value is -0.870. The van der Waals surface area contributed by atoms with Gasteiger partial charge in [-0.1, -0.05) is 0 Å². The van der Waals surface area contributed by atoms with Crippen LogP contribution in [0.5, 0.6) is 0 Å². The van der Waals surface area contributed by atoms with Gasteiger partial charge in [0, 0.05) is 6.04 Å². The molecule has 0 saturated heterocycles. The number of amides is 1. The molecule has 1 aliphatic carbocycles. The molecule has 2 N–H and O–H groups in total. The van der Waals surface area contributed by atoms with E-state index in [1.54, 1.807) is 11.3 Å². The minimum Gasteiger partial charge on any atom is -0.352 e. The fourth-order valence-electron chi connectivity index (χ4n) is 1.51. The standard InChI is InChI=1S/C12H18N2OS/c1-9(12(15)14-11-2-3-11)13-6-4-10-5-7-16-8-10/h5,7-9,11,13H,2-4,6H2,1H3,(H,14,15). The van der Waals surface area contributed by atoms with Crippen LogP contribution in [0, 0.1) is 0 Å². The van der Waals surface area contributed by atoms with Crippen molar-refractivity contribution in [3.8, 4) is 0 Å². The summed E-state index contributed by atoms with van der Waals surface area (Å²) in [7, 11) is 0. The normalized spacial score (nSPS) is 17.1. The number of carbonyl (C=O) groups is 1. The van der Waals surface area contributed by atoms with E-state index in [2.05, 4.69) is 27.5 Å². The molecule has 0 aliphatic heterocycles. The van der Waals surface area contributed by atoms with Gasteiger partial charge in [-0.15, -0.1) is 0 Å². The zero-order chi connectivity index (χ0) is 11.4. The van der Waals surface area contributed by atoms with E-state index in [-0.39, 0.29) is 11.9 Å². The van der Waals surface area contributed by atoms with Crippen molar-refractivity contribution in [2.24, 2.45) is 0 Å². The first-order valence-electron chi connectivity index (χ1n) is 5.80. The molecule has 0 bridgehead atoms. The number of rotatable bonds is 6. The molecule has 1 aliphatic rings. The van der Waals surface area contributed by atoms with Crippen LogP contribution in [-0.4, -0.2) is 24.5 Å². The summed E-state index contributed by atoms with van der Waals surface area (Å²) in [6.45, 7) is 2.78. The summed E-state index contributed by atoms with van der Waals surface area (Å²) >= 11 is 1.71. The molecular formula is C12H18N2OS. The van der Waals surface area contributed by atoms with Crippen molar-refractivity contribution >= 4 is 17.2 Å². The molecule has 88 valence electrons. The summed E-state index contributed by atoms with van der Waals surface area (Å²) < 4.78 is 0. The monoisotopic (exact) mass is 238 g/mol. The number of nitrogens with one attached hydrogen (secondary N) is 2. The Kier molecular flexibility index (Phi) is 3.96. The number of hydrogen-bond acceptors (Lipinski definition) is 3. The Morgan fingerprint density at radius 3 is 3.06 bits per heavy atom. The lowest BCUT2D eigenvalue weighted by Crippen LogP contribution is -2.43. The van der Waals surface area contributed by atoms with Crippen molar-refractivity contribution in [3.63, 3.8) is 0 Å². The van der Waals surface area contributed by atoms with Gasteiger partial charge in [0.25, 0.3) is 0 Å². The molecular weight excluding hydrogens is 220 g/mol. The fourth-order valence-corrected chi connectivity index (χ4v) is 2.22. The maximum Gasteiger partial charge on any atom is 0.237 e. The number of carbonyl (C=O) groups excluding carboxylic acids is 1. The molecule has 1 heterocycles. The zero-order valence-corrected chi connectivity index (χ0v) is 10.3. The van der Waals surface area contributed by atoms with Crippen molar-refractivity contribution < 1.29 is 4.79 Å². The Morgan fingerprint density at radius 1 is 1.62 bits per heavy atom. The van der Waals surface area contributed by atoms with E-state index in [1.165, 1.54) is 5.56 Å². The van der Waals surface area contributed by atoms with Gasteiger partial charge in [0.05, 0.1) is 6.04 Å². The lowest BCUT2D eigenvalue weighted by Gasteiger charge is -2.13. The lowest BCUT2D eigenvalue weighted by atomic mass is 10.2. The summed E-state index contributed by atoms with van der Waals surface area (Å²) in [5.74, 6) is 0.132. The van der Waals surface area contributed by atoms with Crippen molar-refractivity contribution in [2.75, 3.05) is 6.54 Å². The van der Waals surface area contributed by atoms with Crippen molar-refractivity contribution in [1.29, 1.82) is 0 Å². The summed E-state index contributed by atoms with van der Waals surface area (Å²) in [5, 5.41) is 10.5. The minimum atomic E-state index is -0.0840. The van der Waals surface area contributed by atoms with Crippen LogP contribution in [0.2, 0.25) is 0 Å². The van der Waals surface area contributed by atoms with Gasteiger partial charge >= 0.3 is 0 Å². The molecule has 0 aromatic carbocycles. The van der Waals surface area contributed by atoms with Gasteiger partial charge in [0.1, 0.15) is 0 Å². The molecule has 16 heavy (non-hydrogen) atoms. The summed E-state index contributed by atoms with van der Waals surface area (Å²) in [6, 6.07) is 2.49. The first-order chi connectivity index (χ1) is 7.75. The zero-order valence-electron chi connectivity index (χ0n) is 9.53. The maximum absolute atomic E-state index is 11.6. The van der Waals surface area contributed by atoms with E-state index in [4.69, 9.17) is 0 Å². The average molecular weight is 238 g/mol. The van der Waals surface area contributed by atoms with E-state index in [9.17, 15) is 4.79 Å². The van der Waals surface area contributed by atoms with Gasteiger partial charge in [-0.3, -0.25) is 4.79 Å². The third kappa shape index (κ3) is 3.61. The molecule has 1 atom stereocenters. The van der Waals surface area contributed by atoms with Crippen LogP contribution in [0.4, 0.5) is 0 Å². The second-order valence-corrected chi connectivity index (χ2v) is 5.12. The van der Waals surface area contributed by atoms with Crippen LogP contribution >= 0.6 is 11.3 Å². The molecule has 1 fully saturated rings. The largest absolute Gasteiger partial charge is 0.352 e. The van der Waals surface area contributed by atoms with Gasteiger partial charge < -0.3 is 10.6 Å². The average Bonchev–Trinajstić information content (AvgIpc) is 2.93. The van der Waals surface area contributed by atoms with Crippen LogP contribution in [-0.2, 0) is 11.2 Å². The fraction of sp³-hybridized carbons (Fsp3) is 0.583. The van der Waals surface area contributed by atoms with E-state index in [1.807, 2.05) is 6.92 Å². The van der Waals surface area contributed by atoms with E-state index in [0.29, 0.717) is 6.04 Å². The molecule has 1 unspecified atom stereocenters. The van der Waals surface area contributed by atoms with Crippen molar-refractivity contribution in [2.45, 2.75) is 38.3 Å². The summed E-state index contributed by atoms with van der Waals surface area (Å²) in [5.41, 5.74) is 1.34. The van der Waals surface area contributed by atoms with Gasteiger partial charge in [0.2, 0.25) is 5.91 Å². The Balaban J connectivity index is 1.62. The Labute approximate surface area is 100 Å². The highest BCUT2D eigenvalue weighted by atomic mass is 32.1. The summed E-state index contributed by atoms with van der Waals surface area (Å²) in [4.78, 5) is 11.6. The molecule has 0 spiro atoms. The van der Waals surface area contributed by atoms with Crippen LogP contribution in [0.1, 0.15) is 25.3 Å². The van der Waals surface area contributed by atoms with Gasteiger partial charge in [0.15, 0.2) is 0 Å². The van der Waals surface area contributed by atoms with E-state index < -0.39 is 0 Å². The topological polar surface area (TPSA) is 41.1 Å². The third-order valence-corrected chi connectivity index (χ3v) is 3.49. The smallest absolute Gasteiger partial charge is 0.237 e. The number of thiophene rings is 1. The number of hydrogen-bond donors (Lipinski definition) is 2. The first-order valence-corrected chi connectivity index (χ1v) is 6.75. The Bertz CT molecular complexity index is 333. The minimum absolute atomic E-state index is 0.0840. The third-order valence-electron chi connectivity index (χ3n) is 2.76. The van der Waals surface area contributed by atoms with Crippen LogP contribution < -0.4 is 10.6 Å². The molecule has 0 radical (unpaired) electrons. The molecule has 2 rings (SSSR count). The second kappa shape index (κ2) is 5.46. The molecule has 1 saturated carbocycles. The quantitative estimate of drug-likeness (QED) is 0.789. The molecule has 1 amide bonds. The second-order valence-electron chi connectivity index (χ2n) is 4.34. The Morgan fingerprint density at radius 2 is 2.44 bits per heavy atom. The van der Waals surface area contributed by atoms with Crippen LogP contribution in [0.15, 0.2) is 16.8 Å². The lowest BCUT2D eigenvalue weighted by molar-refractivity contribution is -0.122. The predicted molar refractivity (Wildman–Crippen MR) is 66.7 cm³/mol. The maximum atomic E-state index is 11.6. The highest BCUT2D eigenvalue weighted by Crippen LogP contribution is 2.18. The van der Waals surface area contributed by atoms with Crippen LogP contribution in [0.3, 0.4) is 0 Å². The van der Waals surface area contributed by atoms with Gasteiger partial charge in [-0.25, -0.2) is 0 Å². The van der Waals surface area contributed by atoms with Crippen LogP contribution in [0.25, 0.3) is 0 Å². The predicted octanol–water partition coefficient (Wildman–Crippen LogP) is 1.55. The highest BCUT2D eigenvalue weighted by Gasteiger charge is 2.25. The highest BCUT2D eigenvalue weighted by molar-refractivity contribution is 7.07. The van der Waals surface area contributed by atoms with Crippen molar-refractivity contribution in [3.05, 3.63) is 22.4 Å².